The molecule has 0 radical (unpaired) electrons. The summed E-state index contributed by atoms with van der Waals surface area (Å²) in [6, 6.07) is 11.4. The van der Waals surface area contributed by atoms with Crippen molar-refractivity contribution in [2.75, 3.05) is 13.2 Å². The Morgan fingerprint density at radius 2 is 2.00 bits per heavy atom. The molecule has 34 heavy (non-hydrogen) atoms. The number of aromatic nitrogens is 2. The number of nitrogens with one attached hydrogen (secondary N) is 1. The number of fused-ring (bicyclic) bond motifs is 1. The Bertz CT molecular complexity index is 1290. The molecule has 1 aromatic carbocycles. The number of rotatable bonds is 9. The van der Waals surface area contributed by atoms with Gasteiger partial charge in [-0.15, -0.1) is 11.3 Å². The van der Waals surface area contributed by atoms with Crippen LogP contribution in [0, 0.1) is 6.92 Å². The normalized spacial score (nSPS) is 11.1. The zero-order chi connectivity index (χ0) is 24.1. The minimum atomic E-state index is -2.88. The Balaban J connectivity index is 1.33. The van der Waals surface area contributed by atoms with E-state index in [1.165, 1.54) is 23.5 Å². The van der Waals surface area contributed by atoms with Crippen molar-refractivity contribution in [1.82, 2.24) is 15.5 Å². The zero-order valence-corrected chi connectivity index (χ0v) is 18.7. The van der Waals surface area contributed by atoms with Crippen LogP contribution in [0.2, 0.25) is 0 Å². The molecule has 0 spiro atoms. The predicted octanol–water partition coefficient (Wildman–Crippen LogP) is 4.38. The largest absolute Gasteiger partial charge is 0.452 e. The summed E-state index contributed by atoms with van der Waals surface area (Å²) in [7, 11) is 0. The molecular weight excluding hydrogens is 468 g/mol. The Morgan fingerprint density at radius 1 is 1.21 bits per heavy atom. The van der Waals surface area contributed by atoms with E-state index in [0.717, 1.165) is 10.4 Å². The minimum absolute atomic E-state index is 0.0604. The zero-order valence-electron chi connectivity index (χ0n) is 17.9. The maximum absolute atomic E-state index is 12.8. The van der Waals surface area contributed by atoms with Crippen molar-refractivity contribution in [3.8, 4) is 16.3 Å². The number of amides is 1. The monoisotopic (exact) mass is 487 g/mol. The Labute approximate surface area is 196 Å². The second kappa shape index (κ2) is 10.4. The first kappa shape index (κ1) is 23.3. The van der Waals surface area contributed by atoms with E-state index in [-0.39, 0.29) is 23.6 Å². The number of hydrogen-bond acceptors (Lipinski definition) is 8. The molecule has 4 rings (SSSR count). The summed E-state index contributed by atoms with van der Waals surface area (Å²) in [5, 5.41) is 8.86. The smallest absolute Gasteiger partial charge is 0.387 e. The number of alkyl halides is 2. The Morgan fingerprint density at radius 3 is 2.71 bits per heavy atom. The van der Waals surface area contributed by atoms with Gasteiger partial charge in [-0.3, -0.25) is 4.79 Å². The molecule has 8 nitrogen and oxygen atoms in total. The predicted molar refractivity (Wildman–Crippen MR) is 120 cm³/mol. The van der Waals surface area contributed by atoms with Gasteiger partial charge in [-0.1, -0.05) is 23.4 Å². The van der Waals surface area contributed by atoms with Crippen LogP contribution in [0.25, 0.3) is 21.7 Å². The molecular formula is C23H19F2N3O5S. The van der Waals surface area contributed by atoms with Crippen molar-refractivity contribution >= 4 is 34.3 Å². The lowest BCUT2D eigenvalue weighted by Gasteiger charge is -2.09. The van der Waals surface area contributed by atoms with Crippen molar-refractivity contribution in [3.05, 3.63) is 64.7 Å². The van der Waals surface area contributed by atoms with Crippen LogP contribution in [0.15, 0.2) is 52.4 Å². The number of halogens is 2. The lowest BCUT2D eigenvalue weighted by Crippen LogP contribution is -2.30. The average Bonchev–Trinajstić information content (AvgIpc) is 3.48. The Kier molecular flexibility index (Phi) is 7.12. The fraction of sp³-hybridized carbons (Fsp3) is 0.217. The third-order valence-corrected chi connectivity index (χ3v) is 5.72. The molecule has 0 unspecified atom stereocenters. The highest BCUT2D eigenvalue weighted by Gasteiger charge is 2.21. The van der Waals surface area contributed by atoms with Crippen molar-refractivity contribution in [1.29, 1.82) is 0 Å². The highest BCUT2D eigenvalue weighted by atomic mass is 32.1. The number of aryl methyl sites for hydroxylation is 1. The van der Waals surface area contributed by atoms with Gasteiger partial charge in [-0.2, -0.15) is 8.78 Å². The number of carbonyl (C=O) groups is 2. The maximum Gasteiger partial charge on any atom is 0.387 e. The van der Waals surface area contributed by atoms with Crippen LogP contribution < -0.4 is 10.1 Å². The van der Waals surface area contributed by atoms with E-state index in [1.54, 1.807) is 25.1 Å². The third-order valence-electron chi connectivity index (χ3n) is 4.83. The topological polar surface area (TPSA) is 104 Å². The summed E-state index contributed by atoms with van der Waals surface area (Å²) >= 11 is 1.46. The van der Waals surface area contributed by atoms with Gasteiger partial charge in [-0.05, 0) is 48.6 Å². The third kappa shape index (κ3) is 5.54. The van der Waals surface area contributed by atoms with Crippen LogP contribution in [0.1, 0.15) is 21.6 Å². The Hall–Kier alpha value is -3.86. The fourth-order valence-electron chi connectivity index (χ4n) is 3.25. The number of ether oxygens (including phenoxy) is 2. The van der Waals surface area contributed by atoms with Crippen molar-refractivity contribution < 1.29 is 32.4 Å². The van der Waals surface area contributed by atoms with E-state index in [0.29, 0.717) is 23.2 Å². The van der Waals surface area contributed by atoms with E-state index < -0.39 is 25.1 Å². The number of hydrogen-bond donors (Lipinski definition) is 1. The minimum Gasteiger partial charge on any atom is -0.452 e. The molecule has 0 bridgehead atoms. The van der Waals surface area contributed by atoms with Crippen LogP contribution in [0.4, 0.5) is 8.78 Å². The molecule has 3 heterocycles. The lowest BCUT2D eigenvalue weighted by molar-refractivity contribution is -0.124. The molecule has 0 aliphatic carbocycles. The van der Waals surface area contributed by atoms with Crippen molar-refractivity contribution in [3.63, 3.8) is 0 Å². The van der Waals surface area contributed by atoms with E-state index in [2.05, 4.69) is 20.2 Å². The molecule has 1 amide bonds. The summed E-state index contributed by atoms with van der Waals surface area (Å²) in [4.78, 5) is 30.2. The van der Waals surface area contributed by atoms with Gasteiger partial charge in [0.2, 0.25) is 0 Å². The van der Waals surface area contributed by atoms with Gasteiger partial charge in [-0.25, -0.2) is 9.78 Å². The number of thiophene rings is 1. The fourth-order valence-corrected chi connectivity index (χ4v) is 3.94. The number of carbonyl (C=O) groups excluding carboxylic acids is 2. The number of benzene rings is 1. The summed E-state index contributed by atoms with van der Waals surface area (Å²) in [5.74, 6) is -1.11. The van der Waals surface area contributed by atoms with E-state index >= 15 is 0 Å². The summed E-state index contributed by atoms with van der Waals surface area (Å²) in [6.07, 6.45) is 0.462. The molecule has 0 saturated heterocycles. The van der Waals surface area contributed by atoms with Gasteiger partial charge >= 0.3 is 12.6 Å². The molecule has 0 aliphatic rings. The van der Waals surface area contributed by atoms with Crippen LogP contribution in [0.5, 0.6) is 5.75 Å². The summed E-state index contributed by atoms with van der Waals surface area (Å²) < 4.78 is 39.1. The number of nitrogens with zero attached hydrogens (tertiary/aromatic N) is 2. The lowest BCUT2D eigenvalue weighted by atomic mass is 10.1. The van der Waals surface area contributed by atoms with Crippen molar-refractivity contribution in [2.24, 2.45) is 0 Å². The van der Waals surface area contributed by atoms with Crippen molar-refractivity contribution in [2.45, 2.75) is 20.0 Å². The first-order valence-electron chi connectivity index (χ1n) is 10.2. The highest BCUT2D eigenvalue weighted by molar-refractivity contribution is 7.13. The second-order valence-corrected chi connectivity index (χ2v) is 8.13. The standard InChI is InChI=1S/C23H19F2N3O5S/c1-13-20-16(11-17(18-3-2-10-34-18)27-21(20)33-28-13)22(30)31-12-19(29)26-9-8-14-4-6-15(7-5-14)32-23(24)25/h2-7,10-11,23H,8-9,12H2,1H3,(H,26,29). The quantitative estimate of drug-likeness (QED) is 0.350. The van der Waals surface area contributed by atoms with E-state index in [9.17, 15) is 18.4 Å². The maximum atomic E-state index is 12.8. The van der Waals surface area contributed by atoms with Crippen LogP contribution >= 0.6 is 11.3 Å². The van der Waals surface area contributed by atoms with Gasteiger partial charge in [0.05, 0.1) is 27.2 Å². The molecule has 0 aliphatic heterocycles. The van der Waals surface area contributed by atoms with E-state index in [4.69, 9.17) is 9.26 Å². The average molecular weight is 487 g/mol. The van der Waals surface area contributed by atoms with E-state index in [1.807, 2.05) is 17.5 Å². The number of pyridine rings is 1. The highest BCUT2D eigenvalue weighted by Crippen LogP contribution is 2.29. The summed E-state index contributed by atoms with van der Waals surface area (Å²) in [6.45, 7) is -1.39. The summed E-state index contributed by atoms with van der Waals surface area (Å²) in [5.41, 5.74) is 2.28. The van der Waals surface area contributed by atoms with Gasteiger partial charge in [0.25, 0.3) is 11.6 Å². The van der Waals surface area contributed by atoms with Crippen LogP contribution in [0.3, 0.4) is 0 Å². The molecule has 176 valence electrons. The van der Waals surface area contributed by atoms with Gasteiger partial charge < -0.3 is 19.3 Å². The molecule has 4 aromatic rings. The molecule has 0 atom stereocenters. The second-order valence-electron chi connectivity index (χ2n) is 7.18. The molecule has 3 aromatic heterocycles. The number of esters is 1. The molecule has 0 saturated carbocycles. The SMILES string of the molecule is Cc1noc2nc(-c3cccs3)cc(C(=O)OCC(=O)NCCc3ccc(OC(F)F)cc3)c12. The van der Waals surface area contributed by atoms with Gasteiger partial charge in [0, 0.05) is 6.54 Å². The molecule has 1 N–H and O–H groups in total. The molecule has 0 fully saturated rings. The first-order chi connectivity index (χ1) is 16.4. The van der Waals surface area contributed by atoms with Crippen LogP contribution in [-0.2, 0) is 16.0 Å². The first-order valence-corrected chi connectivity index (χ1v) is 11.1. The van der Waals surface area contributed by atoms with Gasteiger partial charge in [0.1, 0.15) is 5.75 Å². The van der Waals surface area contributed by atoms with Crippen LogP contribution in [-0.4, -0.2) is 41.8 Å². The molecule has 11 heteroatoms. The van der Waals surface area contributed by atoms with Gasteiger partial charge in [0.15, 0.2) is 6.61 Å².